The SMILES string of the molecule is COc1ccc(C[C@H](N)C(=O)N[C@H]2C[C@H](n3cnc4c(N)ncnc43)[C@H]3C[C@]23CO)cc1. The minimum atomic E-state index is -0.683. The Morgan fingerprint density at radius 1 is 1.34 bits per heavy atom. The van der Waals surface area contributed by atoms with Crippen LogP contribution in [0.2, 0.25) is 0 Å². The number of nitrogens with zero attached hydrogens (tertiary/aromatic N) is 4. The van der Waals surface area contributed by atoms with Gasteiger partial charge in [0.05, 0.1) is 26.1 Å². The number of rotatable bonds is 7. The molecule has 2 aliphatic rings. The van der Waals surface area contributed by atoms with E-state index in [9.17, 15) is 9.90 Å². The predicted octanol–water partition coefficient (Wildman–Crippen LogP) is 0.415. The Hall–Kier alpha value is -3.24. The van der Waals surface area contributed by atoms with Gasteiger partial charge in [0, 0.05) is 17.5 Å². The second-order valence-corrected chi connectivity index (χ2v) is 8.81. The Morgan fingerprint density at radius 2 is 2.12 bits per heavy atom. The minimum Gasteiger partial charge on any atom is -0.497 e. The van der Waals surface area contributed by atoms with E-state index in [0.717, 1.165) is 17.7 Å². The molecule has 0 unspecified atom stereocenters. The maximum atomic E-state index is 12.9. The lowest BCUT2D eigenvalue weighted by atomic mass is 9.97. The van der Waals surface area contributed by atoms with E-state index in [4.69, 9.17) is 16.2 Å². The van der Waals surface area contributed by atoms with Gasteiger partial charge in [0.25, 0.3) is 0 Å². The summed E-state index contributed by atoms with van der Waals surface area (Å²) in [6.45, 7) is 0.0105. The Kier molecular flexibility index (Phi) is 4.98. The molecule has 168 valence electrons. The molecule has 0 bridgehead atoms. The molecule has 0 radical (unpaired) electrons. The van der Waals surface area contributed by atoms with Gasteiger partial charge in [-0.3, -0.25) is 4.79 Å². The zero-order valence-corrected chi connectivity index (χ0v) is 17.8. The molecule has 10 nitrogen and oxygen atoms in total. The van der Waals surface area contributed by atoms with E-state index in [1.807, 2.05) is 28.8 Å². The first-order chi connectivity index (χ1) is 15.5. The number of aliphatic hydroxyl groups excluding tert-OH is 1. The van der Waals surface area contributed by atoms with Crippen LogP contribution in [-0.4, -0.2) is 56.3 Å². The number of nitrogens with one attached hydrogen (secondary N) is 1. The molecule has 2 aliphatic carbocycles. The Bertz CT molecular complexity index is 1150. The normalized spacial score (nSPS) is 27.2. The molecule has 1 aromatic carbocycles. The van der Waals surface area contributed by atoms with Gasteiger partial charge in [-0.25, -0.2) is 15.0 Å². The van der Waals surface area contributed by atoms with Crippen molar-refractivity contribution in [1.29, 1.82) is 0 Å². The van der Waals surface area contributed by atoms with Crippen LogP contribution in [0.3, 0.4) is 0 Å². The monoisotopic (exact) mass is 437 g/mol. The maximum absolute atomic E-state index is 12.9. The van der Waals surface area contributed by atoms with Gasteiger partial charge in [0.1, 0.15) is 17.6 Å². The van der Waals surface area contributed by atoms with Gasteiger partial charge in [-0.05, 0) is 42.9 Å². The van der Waals surface area contributed by atoms with E-state index in [1.54, 1.807) is 13.4 Å². The standard InChI is InChI=1S/C22H27N7O3/c1-32-13-4-2-12(3-5-13)6-15(23)21(31)28-17-7-16(14-8-22(14,17)9-30)29-11-27-18-19(24)25-10-26-20(18)29/h2-5,10-11,14-17,30H,6-9,23H2,1H3,(H,28,31)(H2,24,25,26)/t14-,15+,16+,17+,22-/m1/s1. The number of hydrogen-bond acceptors (Lipinski definition) is 8. The van der Waals surface area contributed by atoms with Crippen LogP contribution < -0.4 is 21.5 Å². The minimum absolute atomic E-state index is 0.0105. The van der Waals surface area contributed by atoms with Crippen molar-refractivity contribution < 1.29 is 14.6 Å². The lowest BCUT2D eigenvalue weighted by molar-refractivity contribution is -0.123. The van der Waals surface area contributed by atoms with Gasteiger partial charge < -0.3 is 31.2 Å². The van der Waals surface area contributed by atoms with Crippen molar-refractivity contribution >= 4 is 22.9 Å². The summed E-state index contributed by atoms with van der Waals surface area (Å²) in [6.07, 6.45) is 5.06. The first-order valence-corrected chi connectivity index (χ1v) is 10.7. The van der Waals surface area contributed by atoms with Crippen molar-refractivity contribution in [3.63, 3.8) is 0 Å². The lowest BCUT2D eigenvalue weighted by Gasteiger charge is -2.25. The summed E-state index contributed by atoms with van der Waals surface area (Å²) >= 11 is 0. The van der Waals surface area contributed by atoms with E-state index in [0.29, 0.717) is 29.8 Å². The highest BCUT2D eigenvalue weighted by molar-refractivity contribution is 5.83. The number of methoxy groups -OCH3 is 1. The number of aromatic nitrogens is 4. The van der Waals surface area contributed by atoms with E-state index in [1.165, 1.54) is 6.33 Å². The molecule has 0 saturated heterocycles. The van der Waals surface area contributed by atoms with E-state index >= 15 is 0 Å². The number of carbonyl (C=O) groups is 1. The smallest absolute Gasteiger partial charge is 0.237 e. The predicted molar refractivity (Wildman–Crippen MR) is 118 cm³/mol. The molecular formula is C22H27N7O3. The molecular weight excluding hydrogens is 410 g/mol. The number of ether oxygens (including phenoxy) is 1. The molecule has 32 heavy (non-hydrogen) atoms. The van der Waals surface area contributed by atoms with Gasteiger partial charge in [0.15, 0.2) is 11.5 Å². The molecule has 2 saturated carbocycles. The number of anilines is 1. The largest absolute Gasteiger partial charge is 0.497 e. The number of nitrogens with two attached hydrogens (primary N) is 2. The Balaban J connectivity index is 1.30. The number of amides is 1. The number of nitrogen functional groups attached to an aromatic ring is 1. The quantitative estimate of drug-likeness (QED) is 0.414. The number of fused-ring (bicyclic) bond motifs is 2. The van der Waals surface area contributed by atoms with Crippen molar-refractivity contribution in [2.24, 2.45) is 17.1 Å². The average molecular weight is 438 g/mol. The first kappa shape index (κ1) is 20.7. The average Bonchev–Trinajstić information content (AvgIpc) is 3.26. The number of hydrogen-bond donors (Lipinski definition) is 4. The summed E-state index contributed by atoms with van der Waals surface area (Å²) in [5.74, 6) is 1.11. The first-order valence-electron chi connectivity index (χ1n) is 10.7. The van der Waals surface area contributed by atoms with Crippen molar-refractivity contribution in [3.8, 4) is 5.75 Å². The van der Waals surface area contributed by atoms with Crippen molar-refractivity contribution in [2.75, 3.05) is 19.5 Å². The van der Waals surface area contributed by atoms with Crippen LogP contribution >= 0.6 is 0 Å². The van der Waals surface area contributed by atoms with Gasteiger partial charge >= 0.3 is 0 Å². The molecule has 1 amide bonds. The number of benzene rings is 1. The van der Waals surface area contributed by atoms with Crippen LogP contribution in [0.1, 0.15) is 24.4 Å². The molecule has 2 fully saturated rings. The molecule has 0 aliphatic heterocycles. The fourth-order valence-electron chi connectivity index (χ4n) is 5.21. The zero-order chi connectivity index (χ0) is 22.5. The highest BCUT2D eigenvalue weighted by Gasteiger charge is 2.67. The molecule has 2 aromatic heterocycles. The second kappa shape index (κ2) is 7.72. The third kappa shape index (κ3) is 3.26. The van der Waals surface area contributed by atoms with Crippen molar-refractivity contribution in [1.82, 2.24) is 24.8 Å². The third-order valence-electron chi connectivity index (χ3n) is 7.12. The van der Waals surface area contributed by atoms with Crippen LogP contribution in [0.4, 0.5) is 5.82 Å². The molecule has 6 N–H and O–H groups in total. The summed E-state index contributed by atoms with van der Waals surface area (Å²) in [6, 6.07) is 6.71. The number of imidazole rings is 1. The molecule has 3 aromatic rings. The fourth-order valence-corrected chi connectivity index (χ4v) is 5.21. The van der Waals surface area contributed by atoms with E-state index in [-0.39, 0.29) is 35.9 Å². The van der Waals surface area contributed by atoms with Crippen LogP contribution in [0.5, 0.6) is 5.75 Å². The maximum Gasteiger partial charge on any atom is 0.237 e. The fraction of sp³-hybridized carbons (Fsp3) is 0.455. The van der Waals surface area contributed by atoms with E-state index < -0.39 is 6.04 Å². The van der Waals surface area contributed by atoms with Crippen molar-refractivity contribution in [3.05, 3.63) is 42.5 Å². The van der Waals surface area contributed by atoms with E-state index in [2.05, 4.69) is 20.3 Å². The molecule has 5 rings (SSSR count). The van der Waals surface area contributed by atoms with Gasteiger partial charge in [-0.1, -0.05) is 12.1 Å². The topological polar surface area (TPSA) is 154 Å². The number of aliphatic hydroxyl groups is 1. The third-order valence-corrected chi connectivity index (χ3v) is 7.12. The summed E-state index contributed by atoms with van der Waals surface area (Å²) in [7, 11) is 1.61. The van der Waals surface area contributed by atoms with Gasteiger partial charge in [0.2, 0.25) is 5.91 Å². The Labute approximate surface area is 185 Å². The number of carbonyl (C=O) groups excluding carboxylic acids is 1. The zero-order valence-electron chi connectivity index (χ0n) is 17.8. The summed E-state index contributed by atoms with van der Waals surface area (Å²) in [4.78, 5) is 25.6. The van der Waals surface area contributed by atoms with Crippen LogP contribution in [0.25, 0.3) is 11.2 Å². The van der Waals surface area contributed by atoms with Crippen LogP contribution in [-0.2, 0) is 11.2 Å². The highest BCUT2D eigenvalue weighted by Crippen LogP contribution is 2.67. The molecule has 10 heteroatoms. The lowest BCUT2D eigenvalue weighted by Crippen LogP contribution is -2.49. The summed E-state index contributed by atoms with van der Waals surface area (Å²) in [5, 5.41) is 13.3. The summed E-state index contributed by atoms with van der Waals surface area (Å²) < 4.78 is 7.17. The second-order valence-electron chi connectivity index (χ2n) is 8.81. The van der Waals surface area contributed by atoms with Gasteiger partial charge in [-0.15, -0.1) is 0 Å². The highest BCUT2D eigenvalue weighted by atomic mass is 16.5. The molecule has 2 heterocycles. The molecule has 0 spiro atoms. The molecule has 5 atom stereocenters. The van der Waals surface area contributed by atoms with Crippen molar-refractivity contribution in [2.45, 2.75) is 37.4 Å². The van der Waals surface area contributed by atoms with Crippen LogP contribution in [0.15, 0.2) is 36.9 Å². The van der Waals surface area contributed by atoms with Gasteiger partial charge in [-0.2, -0.15) is 0 Å². The van der Waals surface area contributed by atoms with Crippen LogP contribution in [0, 0.1) is 11.3 Å². The summed E-state index contributed by atoms with van der Waals surface area (Å²) in [5.41, 5.74) is 14.0. The Morgan fingerprint density at radius 3 is 2.84 bits per heavy atom.